The Bertz CT molecular complexity index is 1060. The highest BCUT2D eigenvalue weighted by molar-refractivity contribution is 5.36. The molecular weight excluding hydrogens is 514 g/mol. The highest BCUT2D eigenvalue weighted by Crippen LogP contribution is 2.43. The largest absolute Gasteiger partial charge is 0.433 e. The standard InChI is InChI=1S/C32H40F6O/c1-21-3-10-24(11-4-21)25-12-7-23(8-13-25)9-14-26-15-16-27(30(33)29(26)32(36,37)38)19-20-31(34,35)39-28-17-5-22(2)6-18-28/h5-6,15-18,21,23-25H,3-4,7-14,19-20H2,1-2H3. The highest BCUT2D eigenvalue weighted by Gasteiger charge is 2.39. The van der Waals surface area contributed by atoms with Crippen molar-refractivity contribution >= 4 is 0 Å². The van der Waals surface area contributed by atoms with Crippen LogP contribution in [0.4, 0.5) is 26.3 Å². The van der Waals surface area contributed by atoms with Gasteiger partial charge in [0, 0.05) is 0 Å². The topological polar surface area (TPSA) is 9.23 Å². The highest BCUT2D eigenvalue weighted by atomic mass is 19.4. The minimum Gasteiger partial charge on any atom is -0.433 e. The second kappa shape index (κ2) is 12.6. The van der Waals surface area contributed by atoms with Gasteiger partial charge in [0.05, 0.1) is 12.0 Å². The first-order valence-electron chi connectivity index (χ1n) is 14.4. The molecule has 2 aliphatic rings. The second-order valence-corrected chi connectivity index (χ2v) is 12.0. The Morgan fingerprint density at radius 1 is 0.744 bits per heavy atom. The molecule has 216 valence electrons. The maximum atomic E-state index is 15.1. The molecule has 2 fully saturated rings. The van der Waals surface area contributed by atoms with Crippen LogP contribution in [0.5, 0.6) is 5.75 Å². The molecule has 0 radical (unpaired) electrons. The van der Waals surface area contributed by atoms with E-state index in [0.717, 1.165) is 49.0 Å². The molecule has 0 amide bonds. The van der Waals surface area contributed by atoms with Crippen molar-refractivity contribution in [3.63, 3.8) is 0 Å². The summed E-state index contributed by atoms with van der Waals surface area (Å²) in [5.41, 5.74) is -0.905. The monoisotopic (exact) mass is 554 g/mol. The van der Waals surface area contributed by atoms with Gasteiger partial charge in [0.2, 0.25) is 0 Å². The van der Waals surface area contributed by atoms with Crippen molar-refractivity contribution in [3.05, 3.63) is 64.5 Å². The fraction of sp³-hybridized carbons (Fsp3) is 0.625. The first kappa shape index (κ1) is 29.8. The van der Waals surface area contributed by atoms with Crippen LogP contribution in [0.15, 0.2) is 36.4 Å². The molecule has 0 aliphatic heterocycles. The minimum atomic E-state index is -4.90. The molecule has 2 aliphatic carbocycles. The van der Waals surface area contributed by atoms with Gasteiger partial charge in [-0.15, -0.1) is 0 Å². The van der Waals surface area contributed by atoms with Crippen molar-refractivity contribution < 1.29 is 31.1 Å². The zero-order valence-corrected chi connectivity index (χ0v) is 22.9. The fourth-order valence-corrected chi connectivity index (χ4v) is 6.54. The summed E-state index contributed by atoms with van der Waals surface area (Å²) in [6.07, 6.45) is 0.117. The lowest BCUT2D eigenvalue weighted by molar-refractivity contribution is -0.180. The van der Waals surface area contributed by atoms with E-state index in [1.807, 2.05) is 0 Å². The number of benzene rings is 2. The maximum absolute atomic E-state index is 15.1. The van der Waals surface area contributed by atoms with Crippen LogP contribution >= 0.6 is 0 Å². The Morgan fingerprint density at radius 2 is 1.31 bits per heavy atom. The van der Waals surface area contributed by atoms with Crippen molar-refractivity contribution in [2.75, 3.05) is 0 Å². The Balaban J connectivity index is 1.35. The third kappa shape index (κ3) is 8.17. The number of rotatable bonds is 9. The number of alkyl halides is 5. The van der Waals surface area contributed by atoms with Crippen LogP contribution in [0.3, 0.4) is 0 Å². The van der Waals surface area contributed by atoms with Gasteiger partial charge in [0.1, 0.15) is 11.6 Å². The third-order valence-electron chi connectivity index (χ3n) is 9.01. The first-order valence-corrected chi connectivity index (χ1v) is 14.4. The van der Waals surface area contributed by atoms with E-state index in [1.165, 1.54) is 49.9 Å². The fourth-order valence-electron chi connectivity index (χ4n) is 6.54. The maximum Gasteiger partial charge on any atom is 0.419 e. The molecule has 0 heterocycles. The van der Waals surface area contributed by atoms with Gasteiger partial charge in [0.15, 0.2) is 0 Å². The van der Waals surface area contributed by atoms with Crippen molar-refractivity contribution in [2.24, 2.45) is 23.7 Å². The molecule has 0 unspecified atom stereocenters. The molecule has 0 aromatic heterocycles. The van der Waals surface area contributed by atoms with Crippen molar-refractivity contribution in [1.82, 2.24) is 0 Å². The summed E-state index contributed by atoms with van der Waals surface area (Å²) in [5.74, 6) is 1.17. The summed E-state index contributed by atoms with van der Waals surface area (Å²) in [5, 5.41) is 0. The lowest BCUT2D eigenvalue weighted by Gasteiger charge is -2.37. The van der Waals surface area contributed by atoms with Crippen LogP contribution in [0.1, 0.15) is 93.4 Å². The van der Waals surface area contributed by atoms with E-state index in [2.05, 4.69) is 6.92 Å². The normalized spacial score (nSPS) is 24.5. The van der Waals surface area contributed by atoms with E-state index < -0.39 is 36.5 Å². The van der Waals surface area contributed by atoms with Crippen molar-refractivity contribution in [2.45, 2.75) is 103 Å². The molecule has 7 heteroatoms. The van der Waals surface area contributed by atoms with E-state index in [4.69, 9.17) is 4.74 Å². The summed E-state index contributed by atoms with van der Waals surface area (Å²) in [4.78, 5) is 0. The minimum absolute atomic E-state index is 0.0558. The molecule has 0 bridgehead atoms. The average Bonchev–Trinajstić information content (AvgIpc) is 2.88. The van der Waals surface area contributed by atoms with E-state index >= 15 is 4.39 Å². The third-order valence-corrected chi connectivity index (χ3v) is 9.01. The van der Waals surface area contributed by atoms with E-state index in [0.29, 0.717) is 12.3 Å². The van der Waals surface area contributed by atoms with Gasteiger partial charge in [-0.2, -0.15) is 22.0 Å². The van der Waals surface area contributed by atoms with Gasteiger partial charge in [-0.25, -0.2) is 4.39 Å². The molecule has 2 saturated carbocycles. The van der Waals surface area contributed by atoms with Gasteiger partial charge in [0.25, 0.3) is 0 Å². The van der Waals surface area contributed by atoms with Crippen LogP contribution in [0.2, 0.25) is 0 Å². The Labute approximate surface area is 228 Å². The molecule has 0 saturated heterocycles. The predicted octanol–water partition coefficient (Wildman–Crippen LogP) is 10.3. The van der Waals surface area contributed by atoms with Gasteiger partial charge < -0.3 is 4.74 Å². The smallest absolute Gasteiger partial charge is 0.419 e. The zero-order valence-electron chi connectivity index (χ0n) is 22.9. The summed E-state index contributed by atoms with van der Waals surface area (Å²) < 4.78 is 90.3. The van der Waals surface area contributed by atoms with Gasteiger partial charge in [-0.1, -0.05) is 62.4 Å². The Kier molecular flexibility index (Phi) is 9.59. The second-order valence-electron chi connectivity index (χ2n) is 12.0. The summed E-state index contributed by atoms with van der Waals surface area (Å²) in [7, 11) is 0. The van der Waals surface area contributed by atoms with Crippen molar-refractivity contribution in [3.8, 4) is 5.75 Å². The quantitative estimate of drug-likeness (QED) is 0.280. The number of ether oxygens (including phenoxy) is 1. The van der Waals surface area contributed by atoms with E-state index in [-0.39, 0.29) is 23.3 Å². The van der Waals surface area contributed by atoms with Crippen LogP contribution in [-0.4, -0.2) is 6.11 Å². The molecule has 2 aromatic carbocycles. The van der Waals surface area contributed by atoms with Gasteiger partial charge >= 0.3 is 12.3 Å². The molecule has 0 N–H and O–H groups in total. The Hall–Kier alpha value is -2.18. The van der Waals surface area contributed by atoms with Crippen LogP contribution in [0.25, 0.3) is 0 Å². The van der Waals surface area contributed by atoms with Crippen LogP contribution in [-0.2, 0) is 19.0 Å². The number of hydrogen-bond donors (Lipinski definition) is 0. The molecular formula is C32H40F6O. The lowest BCUT2D eigenvalue weighted by atomic mass is 9.69. The molecule has 0 atom stereocenters. The molecule has 4 rings (SSSR count). The average molecular weight is 555 g/mol. The van der Waals surface area contributed by atoms with Crippen molar-refractivity contribution in [1.29, 1.82) is 0 Å². The summed E-state index contributed by atoms with van der Waals surface area (Å²) >= 11 is 0. The first-order chi connectivity index (χ1) is 18.4. The van der Waals surface area contributed by atoms with Crippen LogP contribution in [0, 0.1) is 36.4 Å². The summed E-state index contributed by atoms with van der Waals surface area (Å²) in [6.45, 7) is 4.11. The van der Waals surface area contributed by atoms with Gasteiger partial charge in [-0.3, -0.25) is 0 Å². The summed E-state index contributed by atoms with van der Waals surface area (Å²) in [6, 6.07) is 8.51. The lowest BCUT2D eigenvalue weighted by Crippen LogP contribution is -2.26. The molecule has 1 nitrogen and oxygen atoms in total. The zero-order chi connectivity index (χ0) is 28.2. The predicted molar refractivity (Wildman–Crippen MR) is 141 cm³/mol. The van der Waals surface area contributed by atoms with E-state index in [9.17, 15) is 22.0 Å². The Morgan fingerprint density at radius 3 is 1.90 bits per heavy atom. The number of hydrogen-bond acceptors (Lipinski definition) is 1. The van der Waals surface area contributed by atoms with Gasteiger partial charge in [-0.05, 0) is 98.8 Å². The molecule has 39 heavy (non-hydrogen) atoms. The van der Waals surface area contributed by atoms with E-state index in [1.54, 1.807) is 19.1 Å². The number of aryl methyl sites for hydroxylation is 3. The number of halogens is 6. The van der Waals surface area contributed by atoms with Crippen LogP contribution < -0.4 is 4.74 Å². The molecule has 0 spiro atoms. The molecule has 2 aromatic rings. The SMILES string of the molecule is Cc1ccc(OC(F)(F)CCc2ccc(CCC3CCC(C4CCC(C)CC4)CC3)c(C(F)(F)F)c2F)cc1.